The average Bonchev–Trinajstić information content (AvgIpc) is 3.19. The molecule has 1 aliphatic heterocycles. The minimum absolute atomic E-state index is 0.0771. The predicted octanol–water partition coefficient (Wildman–Crippen LogP) is 5.22. The Kier molecular flexibility index (Phi) is 8.02. The summed E-state index contributed by atoms with van der Waals surface area (Å²) >= 11 is 0. The van der Waals surface area contributed by atoms with E-state index in [2.05, 4.69) is 22.4 Å². The van der Waals surface area contributed by atoms with Crippen LogP contribution in [-0.2, 0) is 6.42 Å². The van der Waals surface area contributed by atoms with E-state index >= 15 is 0 Å². The van der Waals surface area contributed by atoms with Crippen molar-refractivity contribution in [2.24, 2.45) is 0 Å². The molecule has 2 aliphatic rings. The lowest BCUT2D eigenvalue weighted by atomic mass is 9.85. The Balaban J connectivity index is 1.64. The molecule has 0 saturated heterocycles. The number of fused-ring (bicyclic) bond motifs is 2. The van der Waals surface area contributed by atoms with Gasteiger partial charge in [0.25, 0.3) is 5.92 Å². The molecule has 2 aromatic rings. The van der Waals surface area contributed by atoms with Gasteiger partial charge in [-0.1, -0.05) is 24.3 Å². The molecule has 1 aromatic heterocycles. The molecule has 1 aliphatic carbocycles. The fraction of sp³-hybridized carbons (Fsp3) is 0.519. The molecule has 0 unspecified atom stereocenters. The Hall–Kier alpha value is -2.58. The van der Waals surface area contributed by atoms with Crippen LogP contribution < -0.4 is 14.8 Å². The number of ether oxygens (including phenoxy) is 2. The Labute approximate surface area is 205 Å². The van der Waals surface area contributed by atoms with Gasteiger partial charge in [-0.15, -0.1) is 0 Å². The third-order valence-electron chi connectivity index (χ3n) is 6.70. The number of hydrogen-bond donors (Lipinski definition) is 1. The normalized spacial score (nSPS) is 20.1. The van der Waals surface area contributed by atoms with E-state index in [-0.39, 0.29) is 25.3 Å². The Bertz CT molecular complexity index is 1050. The van der Waals surface area contributed by atoms with E-state index in [1.165, 1.54) is 16.7 Å². The van der Waals surface area contributed by atoms with Gasteiger partial charge in [-0.25, -0.2) is 13.8 Å². The van der Waals surface area contributed by atoms with Crippen LogP contribution in [0.5, 0.6) is 11.6 Å². The molecule has 0 saturated carbocycles. The number of hydrogen-bond acceptors (Lipinski definition) is 5. The predicted molar refractivity (Wildman–Crippen MR) is 131 cm³/mol. The molecule has 2 heterocycles. The van der Waals surface area contributed by atoms with Crippen molar-refractivity contribution in [2.45, 2.75) is 51.1 Å². The molecule has 0 spiro atoms. The molecule has 0 amide bonds. The molecule has 190 valence electrons. The van der Waals surface area contributed by atoms with Crippen molar-refractivity contribution in [2.75, 3.05) is 40.0 Å². The number of aromatic nitrogens is 1. The summed E-state index contributed by atoms with van der Waals surface area (Å²) < 4.78 is 52.3. The summed E-state index contributed by atoms with van der Waals surface area (Å²) in [6.45, 7) is 3.82. The molecule has 2 atom stereocenters. The summed E-state index contributed by atoms with van der Waals surface area (Å²) in [6, 6.07) is 9.57. The van der Waals surface area contributed by atoms with E-state index in [9.17, 15) is 13.2 Å². The maximum atomic E-state index is 14.3. The first kappa shape index (κ1) is 25.5. The zero-order valence-electron chi connectivity index (χ0n) is 20.6. The number of methoxy groups -OCH3 is 1. The molecule has 0 bridgehead atoms. The van der Waals surface area contributed by atoms with Crippen LogP contribution in [-0.4, -0.2) is 61.9 Å². The number of alkyl halides is 3. The molecular formula is C27H34F3N3O2. The molecule has 0 fully saturated rings. The average molecular weight is 490 g/mol. The first-order valence-corrected chi connectivity index (χ1v) is 12.2. The van der Waals surface area contributed by atoms with Gasteiger partial charge >= 0.3 is 0 Å². The Morgan fingerprint density at radius 2 is 2.03 bits per heavy atom. The van der Waals surface area contributed by atoms with E-state index < -0.39 is 5.92 Å². The van der Waals surface area contributed by atoms with Crippen LogP contribution in [0.25, 0.3) is 5.57 Å². The molecule has 8 heteroatoms. The number of benzene rings is 1. The third kappa shape index (κ3) is 5.81. The quantitative estimate of drug-likeness (QED) is 0.439. The summed E-state index contributed by atoms with van der Waals surface area (Å²) in [4.78, 5) is 6.38. The van der Waals surface area contributed by atoms with Gasteiger partial charge in [0, 0.05) is 37.3 Å². The van der Waals surface area contributed by atoms with Crippen LogP contribution >= 0.6 is 0 Å². The van der Waals surface area contributed by atoms with E-state index in [1.807, 2.05) is 24.0 Å². The smallest absolute Gasteiger partial charge is 0.257 e. The summed E-state index contributed by atoms with van der Waals surface area (Å²) in [7, 11) is 1.57. The standard InChI is InChI=1S/C27H34F3N3O2/c1-18-13-21-20-8-5-4-7-19(20)14-22(21)26(33(18)17-27(2,29)30)23-16-32-25(15-24(23)34-3)35-12-11-31-10-6-9-28/h4-5,7-8,15-16,18,26,31H,6,9-14,17H2,1-3H3/t18-,26+/m1/s1. The highest BCUT2D eigenvalue weighted by atomic mass is 19.3. The number of rotatable bonds is 11. The van der Waals surface area contributed by atoms with Crippen LogP contribution in [0.2, 0.25) is 0 Å². The third-order valence-corrected chi connectivity index (χ3v) is 6.70. The largest absolute Gasteiger partial charge is 0.496 e. The molecule has 0 radical (unpaired) electrons. The summed E-state index contributed by atoms with van der Waals surface area (Å²) in [5, 5.41) is 3.11. The summed E-state index contributed by atoms with van der Waals surface area (Å²) in [5.41, 5.74) is 5.59. The highest BCUT2D eigenvalue weighted by Gasteiger charge is 2.43. The maximum absolute atomic E-state index is 14.3. The minimum Gasteiger partial charge on any atom is -0.496 e. The second-order valence-corrected chi connectivity index (χ2v) is 9.44. The van der Waals surface area contributed by atoms with E-state index in [4.69, 9.17) is 9.47 Å². The van der Waals surface area contributed by atoms with Crippen LogP contribution in [0.3, 0.4) is 0 Å². The lowest BCUT2D eigenvalue weighted by Gasteiger charge is -2.43. The minimum atomic E-state index is -2.84. The van der Waals surface area contributed by atoms with Crippen LogP contribution in [0, 0.1) is 0 Å². The van der Waals surface area contributed by atoms with Crippen molar-refractivity contribution in [3.05, 3.63) is 58.8 Å². The van der Waals surface area contributed by atoms with Crippen molar-refractivity contribution in [3.63, 3.8) is 0 Å². The zero-order chi connectivity index (χ0) is 25.0. The fourth-order valence-corrected chi connectivity index (χ4v) is 5.19. The number of pyridine rings is 1. The molecular weight excluding hydrogens is 455 g/mol. The van der Waals surface area contributed by atoms with E-state index in [1.54, 1.807) is 19.4 Å². The topological polar surface area (TPSA) is 46.6 Å². The van der Waals surface area contributed by atoms with Gasteiger partial charge in [-0.05, 0) is 55.0 Å². The van der Waals surface area contributed by atoms with Gasteiger partial charge in [-0.3, -0.25) is 9.29 Å². The fourth-order valence-electron chi connectivity index (χ4n) is 5.19. The Morgan fingerprint density at radius 3 is 2.77 bits per heavy atom. The van der Waals surface area contributed by atoms with Gasteiger partial charge in [0.1, 0.15) is 12.4 Å². The molecule has 4 rings (SSSR count). The summed E-state index contributed by atoms with van der Waals surface area (Å²) in [6.07, 6.45) is 3.61. The van der Waals surface area contributed by atoms with Crippen molar-refractivity contribution >= 4 is 5.57 Å². The molecule has 5 nitrogen and oxygen atoms in total. The highest BCUT2D eigenvalue weighted by molar-refractivity contribution is 5.79. The van der Waals surface area contributed by atoms with E-state index in [0.29, 0.717) is 37.7 Å². The number of nitrogens with one attached hydrogen (secondary N) is 1. The first-order valence-electron chi connectivity index (χ1n) is 12.2. The number of halogens is 3. The van der Waals surface area contributed by atoms with Crippen molar-refractivity contribution < 1.29 is 22.6 Å². The zero-order valence-corrected chi connectivity index (χ0v) is 20.6. The van der Waals surface area contributed by atoms with Gasteiger partial charge < -0.3 is 14.8 Å². The first-order chi connectivity index (χ1) is 16.8. The molecule has 1 aromatic carbocycles. The van der Waals surface area contributed by atoms with E-state index in [0.717, 1.165) is 30.9 Å². The Morgan fingerprint density at radius 1 is 1.23 bits per heavy atom. The molecule has 1 N–H and O–H groups in total. The molecule has 35 heavy (non-hydrogen) atoms. The summed E-state index contributed by atoms with van der Waals surface area (Å²) in [5.74, 6) is -1.88. The second-order valence-electron chi connectivity index (χ2n) is 9.44. The van der Waals surface area contributed by atoms with Gasteiger partial charge in [0.2, 0.25) is 5.88 Å². The van der Waals surface area contributed by atoms with Gasteiger partial charge in [-0.2, -0.15) is 0 Å². The van der Waals surface area contributed by atoms with Crippen LogP contribution in [0.15, 0.2) is 42.1 Å². The van der Waals surface area contributed by atoms with Gasteiger partial charge in [0.15, 0.2) is 0 Å². The maximum Gasteiger partial charge on any atom is 0.257 e. The van der Waals surface area contributed by atoms with Crippen LogP contribution in [0.4, 0.5) is 13.2 Å². The lowest BCUT2D eigenvalue weighted by Crippen LogP contribution is -2.46. The van der Waals surface area contributed by atoms with Crippen molar-refractivity contribution in [3.8, 4) is 11.6 Å². The SMILES string of the molecule is COc1cc(OCCNCCCF)ncc1[C@@H]1C2=C(C[C@@H](C)N1CC(C)(F)F)c1ccccc1C2. The van der Waals surface area contributed by atoms with Gasteiger partial charge in [0.05, 0.1) is 26.4 Å². The van der Waals surface area contributed by atoms with Crippen LogP contribution in [0.1, 0.15) is 49.4 Å². The monoisotopic (exact) mass is 489 g/mol. The van der Waals surface area contributed by atoms with Crippen molar-refractivity contribution in [1.29, 1.82) is 0 Å². The number of nitrogens with zero attached hydrogens (tertiary/aromatic N) is 2. The second kappa shape index (κ2) is 11.0. The highest BCUT2D eigenvalue weighted by Crippen LogP contribution is 2.50. The lowest BCUT2D eigenvalue weighted by molar-refractivity contribution is -0.0357. The van der Waals surface area contributed by atoms with Crippen molar-refractivity contribution in [1.82, 2.24) is 15.2 Å².